The maximum atomic E-state index is 12.5. The molecule has 0 radical (unpaired) electrons. The molecule has 5 fully saturated rings. The summed E-state index contributed by atoms with van der Waals surface area (Å²) in [5.41, 5.74) is 0.379. The van der Waals surface area contributed by atoms with Crippen molar-refractivity contribution in [2.24, 2.45) is 51.2 Å². The van der Waals surface area contributed by atoms with Gasteiger partial charge in [-0.2, -0.15) is 0 Å². The van der Waals surface area contributed by atoms with Crippen molar-refractivity contribution in [1.29, 1.82) is 0 Å². The summed E-state index contributed by atoms with van der Waals surface area (Å²) in [7, 11) is 0. The van der Waals surface area contributed by atoms with Gasteiger partial charge in [-0.05, 0) is 110 Å². The van der Waals surface area contributed by atoms with Gasteiger partial charge >= 0.3 is 11.9 Å². The number of hydrogen-bond acceptors (Lipinski definition) is 3. The van der Waals surface area contributed by atoms with Crippen molar-refractivity contribution < 1.29 is 19.4 Å². The summed E-state index contributed by atoms with van der Waals surface area (Å²) in [6.07, 6.45) is 14.0. The highest BCUT2D eigenvalue weighted by atomic mass is 16.5. The molecule has 0 heterocycles. The lowest BCUT2D eigenvalue weighted by Crippen LogP contribution is -2.65. The summed E-state index contributed by atoms with van der Waals surface area (Å²) in [5.74, 6) is 2.11. The van der Waals surface area contributed by atoms with Crippen LogP contribution in [0.3, 0.4) is 0 Å². The van der Waals surface area contributed by atoms with Gasteiger partial charge < -0.3 is 9.84 Å². The first kappa shape index (κ1) is 28.0. The lowest BCUT2D eigenvalue weighted by atomic mass is 9.33. The van der Waals surface area contributed by atoms with Crippen molar-refractivity contribution >= 4 is 11.9 Å². The fraction of sp³-hybridized carbons (Fsp3) is 0.938. The predicted octanol–water partition coefficient (Wildman–Crippen LogP) is 8.27. The summed E-state index contributed by atoms with van der Waals surface area (Å²) in [5, 5.41) is 10.3. The highest BCUT2D eigenvalue weighted by Gasteiger charge is 2.70. The first-order chi connectivity index (χ1) is 16.9. The molecule has 9 unspecified atom stereocenters. The summed E-state index contributed by atoms with van der Waals surface area (Å²) >= 11 is 0. The minimum atomic E-state index is -0.510. The van der Waals surface area contributed by atoms with Crippen LogP contribution in [0.25, 0.3) is 0 Å². The van der Waals surface area contributed by atoms with Gasteiger partial charge in [-0.25, -0.2) is 0 Å². The van der Waals surface area contributed by atoms with Crippen LogP contribution in [0.2, 0.25) is 0 Å². The number of aliphatic carboxylic acids is 1. The Hall–Kier alpha value is -1.06. The van der Waals surface area contributed by atoms with Crippen LogP contribution >= 0.6 is 0 Å². The van der Waals surface area contributed by atoms with Crippen molar-refractivity contribution in [2.45, 2.75) is 138 Å². The molecule has 0 amide bonds. The third-order valence-electron chi connectivity index (χ3n) is 12.9. The molecular weight excluding hydrogens is 448 g/mol. The SMILES string of the molecule is CCC.CCC(=O)OC1CCC2(C)C(CCC3(C)C2CCC2C4CCCC4(C(=O)O)CC[C@]23C)C1C. The van der Waals surface area contributed by atoms with E-state index in [0.29, 0.717) is 41.4 Å². The smallest absolute Gasteiger partial charge is 0.309 e. The van der Waals surface area contributed by atoms with Gasteiger partial charge in [0.05, 0.1) is 5.41 Å². The maximum absolute atomic E-state index is 12.5. The molecule has 5 saturated carbocycles. The van der Waals surface area contributed by atoms with Gasteiger partial charge in [0.1, 0.15) is 6.10 Å². The van der Waals surface area contributed by atoms with Crippen LogP contribution in [-0.4, -0.2) is 23.1 Å². The van der Waals surface area contributed by atoms with Crippen molar-refractivity contribution in [1.82, 2.24) is 0 Å². The van der Waals surface area contributed by atoms with Gasteiger partial charge in [0, 0.05) is 6.42 Å². The summed E-state index contributed by atoms with van der Waals surface area (Å²) in [6.45, 7) is 16.2. The Labute approximate surface area is 220 Å². The van der Waals surface area contributed by atoms with Crippen LogP contribution in [0.15, 0.2) is 0 Å². The van der Waals surface area contributed by atoms with Crippen molar-refractivity contribution in [2.75, 3.05) is 0 Å². The van der Waals surface area contributed by atoms with E-state index in [1.165, 1.54) is 32.1 Å². The average Bonchev–Trinajstić information content (AvgIpc) is 3.27. The van der Waals surface area contributed by atoms with E-state index in [0.717, 1.165) is 44.9 Å². The zero-order valence-corrected chi connectivity index (χ0v) is 24.3. The molecule has 4 heteroatoms. The second-order valence-electron chi connectivity index (χ2n) is 14.2. The first-order valence-electron chi connectivity index (χ1n) is 15.4. The van der Waals surface area contributed by atoms with Crippen LogP contribution < -0.4 is 0 Å². The van der Waals surface area contributed by atoms with Crippen LogP contribution in [0.4, 0.5) is 0 Å². The second-order valence-corrected chi connectivity index (χ2v) is 14.2. The van der Waals surface area contributed by atoms with E-state index in [9.17, 15) is 14.7 Å². The molecule has 5 rings (SSSR count). The maximum Gasteiger partial charge on any atom is 0.309 e. The molecule has 0 bridgehead atoms. The standard InChI is InChI=1S/C29H46O4.C3H8/c1-6-24(30)33-22-12-14-26(3)19(18(22)2)11-15-28(5)23(26)10-9-20-21-8-7-13-29(21,25(31)32)17-16-27(20,28)4;1-3-2/h18-23H,6-17H2,1-5H3,(H,31,32);3H2,1-2H3/t18?,19?,20?,21?,22?,23?,26?,27-,28?,29?;/m1./s1. The molecule has 206 valence electrons. The van der Waals surface area contributed by atoms with E-state index in [-0.39, 0.29) is 22.9 Å². The largest absolute Gasteiger partial charge is 0.481 e. The summed E-state index contributed by atoms with van der Waals surface area (Å²) < 4.78 is 5.90. The Morgan fingerprint density at radius 2 is 1.50 bits per heavy atom. The summed E-state index contributed by atoms with van der Waals surface area (Å²) in [6, 6.07) is 0. The lowest BCUT2D eigenvalue weighted by molar-refractivity contribution is -0.236. The van der Waals surface area contributed by atoms with E-state index in [1.807, 2.05) is 6.92 Å². The zero-order chi connectivity index (χ0) is 26.5. The molecule has 0 saturated heterocycles. The third kappa shape index (κ3) is 3.89. The molecular formula is C32H54O4. The van der Waals surface area contributed by atoms with E-state index < -0.39 is 11.4 Å². The van der Waals surface area contributed by atoms with Gasteiger partial charge in [-0.15, -0.1) is 0 Å². The minimum Gasteiger partial charge on any atom is -0.481 e. The average molecular weight is 503 g/mol. The topological polar surface area (TPSA) is 63.6 Å². The molecule has 0 aromatic heterocycles. The van der Waals surface area contributed by atoms with Crippen LogP contribution in [-0.2, 0) is 14.3 Å². The number of hydrogen-bond donors (Lipinski definition) is 1. The lowest BCUT2D eigenvalue weighted by Gasteiger charge is -2.71. The molecule has 1 N–H and O–H groups in total. The fourth-order valence-corrected chi connectivity index (χ4v) is 10.9. The number of ether oxygens (including phenoxy) is 1. The number of esters is 1. The van der Waals surface area contributed by atoms with Gasteiger partial charge in [0.15, 0.2) is 0 Å². The van der Waals surface area contributed by atoms with Gasteiger partial charge in [-0.1, -0.05) is 61.3 Å². The number of carbonyl (C=O) groups excluding carboxylic acids is 1. The van der Waals surface area contributed by atoms with Crippen LogP contribution in [0, 0.1) is 51.2 Å². The minimum absolute atomic E-state index is 0.0511. The summed E-state index contributed by atoms with van der Waals surface area (Å²) in [4.78, 5) is 24.5. The normalized spacial score (nSPS) is 49.3. The Morgan fingerprint density at radius 1 is 0.806 bits per heavy atom. The molecule has 0 aromatic carbocycles. The molecule has 0 spiro atoms. The number of carboxylic acids is 1. The number of fused-ring (bicyclic) bond motifs is 7. The molecule has 10 atom stereocenters. The monoisotopic (exact) mass is 502 g/mol. The highest BCUT2D eigenvalue weighted by Crippen LogP contribution is 2.76. The molecule has 36 heavy (non-hydrogen) atoms. The number of carboxylic acid groups (broad SMARTS) is 1. The molecule has 4 nitrogen and oxygen atoms in total. The molecule has 5 aliphatic carbocycles. The fourth-order valence-electron chi connectivity index (χ4n) is 10.9. The Bertz CT molecular complexity index is 838. The number of carbonyl (C=O) groups is 2. The Morgan fingerprint density at radius 3 is 2.14 bits per heavy atom. The van der Waals surface area contributed by atoms with Crippen molar-refractivity contribution in [3.8, 4) is 0 Å². The molecule has 5 aliphatic rings. The van der Waals surface area contributed by atoms with Crippen molar-refractivity contribution in [3.63, 3.8) is 0 Å². The molecule has 0 aromatic rings. The zero-order valence-electron chi connectivity index (χ0n) is 24.3. The van der Waals surface area contributed by atoms with Crippen molar-refractivity contribution in [3.05, 3.63) is 0 Å². The van der Waals surface area contributed by atoms with E-state index in [4.69, 9.17) is 4.74 Å². The van der Waals surface area contributed by atoms with Crippen LogP contribution in [0.1, 0.15) is 132 Å². The Kier molecular flexibility index (Phi) is 7.70. The number of rotatable bonds is 3. The predicted molar refractivity (Wildman–Crippen MR) is 144 cm³/mol. The quantitative estimate of drug-likeness (QED) is 0.394. The van der Waals surface area contributed by atoms with E-state index >= 15 is 0 Å². The Balaban J connectivity index is 0.000000967. The second kappa shape index (κ2) is 9.92. The first-order valence-corrected chi connectivity index (χ1v) is 15.4. The molecule has 0 aliphatic heterocycles. The van der Waals surface area contributed by atoms with E-state index in [2.05, 4.69) is 41.5 Å². The van der Waals surface area contributed by atoms with Gasteiger partial charge in [-0.3, -0.25) is 9.59 Å². The van der Waals surface area contributed by atoms with Gasteiger partial charge in [0.2, 0.25) is 0 Å². The van der Waals surface area contributed by atoms with E-state index in [1.54, 1.807) is 0 Å². The highest BCUT2D eigenvalue weighted by molar-refractivity contribution is 5.76. The third-order valence-corrected chi connectivity index (χ3v) is 12.9. The van der Waals surface area contributed by atoms with Crippen LogP contribution in [0.5, 0.6) is 0 Å². The van der Waals surface area contributed by atoms with Gasteiger partial charge in [0.25, 0.3) is 0 Å².